The van der Waals surface area contributed by atoms with Crippen LogP contribution in [0.5, 0.6) is 5.75 Å². The van der Waals surface area contributed by atoms with E-state index in [-0.39, 0.29) is 13.2 Å². The quantitative estimate of drug-likeness (QED) is 0.561. The minimum Gasteiger partial charge on any atom is -0.487 e. The van der Waals surface area contributed by atoms with Crippen LogP contribution in [0.15, 0.2) is 36.4 Å². The molecule has 1 heterocycles. The molecule has 0 aliphatic rings. The predicted molar refractivity (Wildman–Crippen MR) is 78.6 cm³/mol. The highest BCUT2D eigenvalue weighted by atomic mass is 35.5. The molecule has 0 spiro atoms. The van der Waals surface area contributed by atoms with Gasteiger partial charge in [0.1, 0.15) is 18.2 Å². The Morgan fingerprint density at radius 1 is 1.20 bits per heavy atom. The van der Waals surface area contributed by atoms with Crippen molar-refractivity contribution >= 4 is 17.4 Å². The molecule has 0 atom stereocenters. The molecule has 20 heavy (non-hydrogen) atoms. The third-order valence-electron chi connectivity index (χ3n) is 2.77. The van der Waals surface area contributed by atoms with Gasteiger partial charge in [0.2, 0.25) is 0 Å². The van der Waals surface area contributed by atoms with Gasteiger partial charge < -0.3 is 15.3 Å². The average Bonchev–Trinajstić information content (AvgIpc) is 2.48. The third-order valence-corrected chi connectivity index (χ3v) is 3.11. The van der Waals surface area contributed by atoms with Gasteiger partial charge in [0.15, 0.2) is 0 Å². The standard InChI is InChI=1S/C14H16ClN3O2/c15-12-5-6-14(18-16)17-13(12)9-20-11-3-1-10(2-4-11)7-8-19/h1-6,19H,7-9,16H2,(H,17,18). The van der Waals surface area contributed by atoms with Crippen LogP contribution in [0.2, 0.25) is 5.02 Å². The van der Waals surface area contributed by atoms with Crippen molar-refractivity contribution < 1.29 is 9.84 Å². The van der Waals surface area contributed by atoms with Crippen LogP contribution in [0.3, 0.4) is 0 Å². The molecular weight excluding hydrogens is 278 g/mol. The van der Waals surface area contributed by atoms with Crippen molar-refractivity contribution in [2.75, 3.05) is 12.0 Å². The number of aliphatic hydroxyl groups is 1. The van der Waals surface area contributed by atoms with Gasteiger partial charge in [-0.2, -0.15) is 0 Å². The Balaban J connectivity index is 2.01. The van der Waals surface area contributed by atoms with E-state index in [0.717, 1.165) is 11.3 Å². The summed E-state index contributed by atoms with van der Waals surface area (Å²) in [6, 6.07) is 10.9. The van der Waals surface area contributed by atoms with E-state index >= 15 is 0 Å². The zero-order chi connectivity index (χ0) is 14.4. The van der Waals surface area contributed by atoms with Gasteiger partial charge in [-0.3, -0.25) is 0 Å². The predicted octanol–water partition coefficient (Wildman–Crippen LogP) is 2.13. The molecule has 6 heteroatoms. The van der Waals surface area contributed by atoms with Crippen molar-refractivity contribution in [3.05, 3.63) is 52.7 Å². The molecule has 1 aromatic heterocycles. The first-order valence-electron chi connectivity index (χ1n) is 6.17. The average molecular weight is 294 g/mol. The molecule has 0 radical (unpaired) electrons. The SMILES string of the molecule is NNc1ccc(Cl)c(COc2ccc(CCO)cc2)n1. The maximum atomic E-state index is 8.85. The Labute approximate surface area is 122 Å². The lowest BCUT2D eigenvalue weighted by Crippen LogP contribution is -2.10. The third kappa shape index (κ3) is 3.84. The number of aromatic nitrogens is 1. The second-order valence-electron chi connectivity index (χ2n) is 4.18. The number of anilines is 1. The van der Waals surface area contributed by atoms with E-state index < -0.39 is 0 Å². The number of nitrogen functional groups attached to an aromatic ring is 1. The number of hydrogen-bond acceptors (Lipinski definition) is 5. The highest BCUT2D eigenvalue weighted by Crippen LogP contribution is 2.19. The van der Waals surface area contributed by atoms with Gasteiger partial charge in [-0.25, -0.2) is 10.8 Å². The summed E-state index contributed by atoms with van der Waals surface area (Å²) in [5.41, 5.74) is 4.14. The molecular formula is C14H16ClN3O2. The molecule has 5 nitrogen and oxygen atoms in total. The van der Waals surface area contributed by atoms with E-state index in [1.54, 1.807) is 12.1 Å². The lowest BCUT2D eigenvalue weighted by atomic mass is 10.1. The Morgan fingerprint density at radius 3 is 2.60 bits per heavy atom. The second kappa shape index (κ2) is 7.09. The van der Waals surface area contributed by atoms with Crippen LogP contribution >= 0.6 is 11.6 Å². The number of benzene rings is 1. The lowest BCUT2D eigenvalue weighted by Gasteiger charge is -2.09. The molecule has 0 fully saturated rings. The van der Waals surface area contributed by atoms with Gasteiger partial charge >= 0.3 is 0 Å². The van der Waals surface area contributed by atoms with Gasteiger partial charge in [0.25, 0.3) is 0 Å². The zero-order valence-electron chi connectivity index (χ0n) is 10.8. The molecule has 106 valence electrons. The number of hydrazine groups is 1. The summed E-state index contributed by atoms with van der Waals surface area (Å²) in [6.07, 6.45) is 0.637. The van der Waals surface area contributed by atoms with Crippen LogP contribution in [0.25, 0.3) is 0 Å². The molecule has 0 unspecified atom stereocenters. The van der Waals surface area contributed by atoms with E-state index in [9.17, 15) is 0 Å². The minimum absolute atomic E-state index is 0.138. The van der Waals surface area contributed by atoms with Crippen molar-refractivity contribution in [2.45, 2.75) is 13.0 Å². The van der Waals surface area contributed by atoms with Gasteiger partial charge in [-0.15, -0.1) is 0 Å². The van der Waals surface area contributed by atoms with Crippen LogP contribution in [0, 0.1) is 0 Å². The lowest BCUT2D eigenvalue weighted by molar-refractivity contribution is 0.297. The molecule has 1 aromatic carbocycles. The highest BCUT2D eigenvalue weighted by molar-refractivity contribution is 6.31. The molecule has 4 N–H and O–H groups in total. The summed E-state index contributed by atoms with van der Waals surface area (Å²) in [5, 5.41) is 9.38. The van der Waals surface area contributed by atoms with Gasteiger partial charge in [-0.05, 0) is 36.2 Å². The Morgan fingerprint density at radius 2 is 1.95 bits per heavy atom. The van der Waals surface area contributed by atoms with Crippen molar-refractivity contribution in [1.82, 2.24) is 4.98 Å². The summed E-state index contributed by atoms with van der Waals surface area (Å²) < 4.78 is 5.63. The van der Waals surface area contributed by atoms with Crippen LogP contribution in [-0.2, 0) is 13.0 Å². The number of nitrogens with two attached hydrogens (primary N) is 1. The van der Waals surface area contributed by atoms with E-state index in [4.69, 9.17) is 27.3 Å². The fourth-order valence-electron chi connectivity index (χ4n) is 1.70. The maximum absolute atomic E-state index is 8.85. The second-order valence-corrected chi connectivity index (χ2v) is 4.58. The van der Waals surface area contributed by atoms with Crippen LogP contribution < -0.4 is 16.0 Å². The molecule has 0 saturated carbocycles. The zero-order valence-corrected chi connectivity index (χ0v) is 11.6. The van der Waals surface area contributed by atoms with E-state index in [1.165, 1.54) is 0 Å². The van der Waals surface area contributed by atoms with Gasteiger partial charge in [0, 0.05) is 6.61 Å². The molecule has 0 saturated heterocycles. The number of rotatable bonds is 6. The Kier molecular flexibility index (Phi) is 5.17. The van der Waals surface area contributed by atoms with Crippen molar-refractivity contribution in [3.8, 4) is 5.75 Å². The largest absolute Gasteiger partial charge is 0.487 e. The number of nitrogens with zero attached hydrogens (tertiary/aromatic N) is 1. The number of halogens is 1. The summed E-state index contributed by atoms with van der Waals surface area (Å²) >= 11 is 6.05. The highest BCUT2D eigenvalue weighted by Gasteiger charge is 2.05. The van der Waals surface area contributed by atoms with Crippen molar-refractivity contribution in [2.24, 2.45) is 5.84 Å². The summed E-state index contributed by atoms with van der Waals surface area (Å²) in [5.74, 6) is 6.56. The fourth-order valence-corrected chi connectivity index (χ4v) is 1.86. The Hall–Kier alpha value is -1.82. The molecule has 0 aliphatic heterocycles. The summed E-state index contributed by atoms with van der Waals surface area (Å²) in [7, 11) is 0. The fraction of sp³-hybridized carbons (Fsp3) is 0.214. The normalized spacial score (nSPS) is 10.3. The van der Waals surface area contributed by atoms with Crippen molar-refractivity contribution in [1.29, 1.82) is 0 Å². The molecule has 0 aliphatic carbocycles. The number of pyridine rings is 1. The Bertz CT molecular complexity index is 561. The number of ether oxygens (including phenoxy) is 1. The monoisotopic (exact) mass is 293 g/mol. The van der Waals surface area contributed by atoms with E-state index in [0.29, 0.717) is 23.0 Å². The number of aliphatic hydroxyl groups excluding tert-OH is 1. The maximum Gasteiger partial charge on any atom is 0.140 e. The number of nitrogens with one attached hydrogen (secondary N) is 1. The van der Waals surface area contributed by atoms with Crippen LogP contribution in [0.4, 0.5) is 5.82 Å². The number of hydrogen-bond donors (Lipinski definition) is 3. The molecule has 0 bridgehead atoms. The topological polar surface area (TPSA) is 80.4 Å². The first-order valence-corrected chi connectivity index (χ1v) is 6.55. The smallest absolute Gasteiger partial charge is 0.140 e. The van der Waals surface area contributed by atoms with Gasteiger partial charge in [-0.1, -0.05) is 23.7 Å². The molecule has 0 amide bonds. The summed E-state index contributed by atoms with van der Waals surface area (Å²) in [6.45, 7) is 0.395. The van der Waals surface area contributed by atoms with Crippen LogP contribution in [-0.4, -0.2) is 16.7 Å². The van der Waals surface area contributed by atoms with Crippen molar-refractivity contribution in [3.63, 3.8) is 0 Å². The van der Waals surface area contributed by atoms with E-state index in [2.05, 4.69) is 10.4 Å². The molecule has 2 aromatic rings. The van der Waals surface area contributed by atoms with Crippen LogP contribution in [0.1, 0.15) is 11.3 Å². The first-order chi connectivity index (χ1) is 9.72. The van der Waals surface area contributed by atoms with Gasteiger partial charge in [0.05, 0.1) is 10.7 Å². The summed E-state index contributed by atoms with van der Waals surface area (Å²) in [4.78, 5) is 4.23. The first kappa shape index (κ1) is 14.6. The van der Waals surface area contributed by atoms with E-state index in [1.807, 2.05) is 24.3 Å². The minimum atomic E-state index is 0.138. The molecule has 2 rings (SSSR count).